The van der Waals surface area contributed by atoms with E-state index < -0.39 is 17.8 Å². The van der Waals surface area contributed by atoms with Crippen LogP contribution in [0.3, 0.4) is 0 Å². The van der Waals surface area contributed by atoms with Crippen molar-refractivity contribution >= 4 is 23.1 Å². The molecule has 3 nitrogen and oxygen atoms in total. The Hall–Kier alpha value is -1.89. The first-order chi connectivity index (χ1) is 11.2. The molecule has 0 radical (unpaired) electrons. The minimum Gasteiger partial charge on any atom is -0.351 e. The van der Waals surface area contributed by atoms with E-state index in [2.05, 4.69) is 5.32 Å². The van der Waals surface area contributed by atoms with Crippen LogP contribution in [0.15, 0.2) is 35.5 Å². The molecule has 1 aliphatic rings. The molecule has 1 aromatic carbocycles. The van der Waals surface area contributed by atoms with E-state index in [1.807, 2.05) is 18.7 Å². The Morgan fingerprint density at radius 3 is 2.33 bits per heavy atom. The number of benzene rings is 1. The predicted molar refractivity (Wildman–Crippen MR) is 90.3 cm³/mol. The van der Waals surface area contributed by atoms with Crippen molar-refractivity contribution in [1.29, 1.82) is 0 Å². The van der Waals surface area contributed by atoms with Crippen LogP contribution >= 0.6 is 12.2 Å². The number of rotatable bonds is 4. The molecule has 2 rings (SSSR count). The fraction of sp³-hybridized carbons (Fsp3) is 0.412. The minimum absolute atomic E-state index is 0.131. The van der Waals surface area contributed by atoms with Crippen LogP contribution in [-0.4, -0.2) is 22.3 Å². The third-order valence-corrected chi connectivity index (χ3v) is 4.33. The Morgan fingerprint density at radius 1 is 1.29 bits per heavy atom. The highest BCUT2D eigenvalue weighted by Gasteiger charge is 2.33. The van der Waals surface area contributed by atoms with Crippen molar-refractivity contribution < 1.29 is 18.0 Å². The second kappa shape index (κ2) is 6.93. The monoisotopic (exact) mass is 356 g/mol. The van der Waals surface area contributed by atoms with Crippen LogP contribution in [0.2, 0.25) is 0 Å². The molecule has 130 valence electrons. The summed E-state index contributed by atoms with van der Waals surface area (Å²) in [7, 11) is 0. The smallest absolute Gasteiger partial charge is 0.351 e. The minimum atomic E-state index is -4.39. The molecule has 1 unspecified atom stereocenters. The number of carbonyl (C=O) groups is 1. The first-order valence-corrected chi connectivity index (χ1v) is 8.04. The van der Waals surface area contributed by atoms with E-state index in [1.165, 1.54) is 19.1 Å². The zero-order chi connectivity index (χ0) is 18.1. The first kappa shape index (κ1) is 18.4. The number of carbonyl (C=O) groups excluding carboxylic acids is 1. The van der Waals surface area contributed by atoms with Gasteiger partial charge in [-0.1, -0.05) is 19.1 Å². The van der Waals surface area contributed by atoms with Gasteiger partial charge in [0.25, 0.3) is 0 Å². The summed E-state index contributed by atoms with van der Waals surface area (Å²) in [4.78, 5) is 14.0. The summed E-state index contributed by atoms with van der Waals surface area (Å²) in [5.74, 6) is -0.131. The average Bonchev–Trinajstić information content (AvgIpc) is 2.49. The van der Waals surface area contributed by atoms with Crippen molar-refractivity contribution in [3.05, 3.63) is 46.7 Å². The molecular formula is C17H19F3N2OS. The Balaban J connectivity index is 2.45. The average molecular weight is 356 g/mol. The number of thiocarbonyl (C=S) groups is 1. The topological polar surface area (TPSA) is 32.3 Å². The van der Waals surface area contributed by atoms with Gasteiger partial charge in [-0.3, -0.25) is 4.79 Å². The van der Waals surface area contributed by atoms with Crippen molar-refractivity contribution in [1.82, 2.24) is 10.2 Å². The van der Waals surface area contributed by atoms with Crippen LogP contribution in [0.25, 0.3) is 0 Å². The van der Waals surface area contributed by atoms with Gasteiger partial charge >= 0.3 is 6.18 Å². The standard InChI is InChI=1S/C17H19F3N2OS/c1-4-9-22-10(2)14(11(3)23)15(21-16(22)24)12-5-7-13(8-6-12)17(18,19)20/h5-8,15H,4,9H2,1-3H3,(H,21,24). The molecule has 7 heteroatoms. The SMILES string of the molecule is CCCN1C(=S)NC(c2ccc(C(F)(F)F)cc2)C(C(C)=O)=C1C. The third-order valence-electron chi connectivity index (χ3n) is 3.99. The number of allylic oxidation sites excluding steroid dienone is 1. The molecule has 0 spiro atoms. The molecule has 0 aromatic heterocycles. The van der Waals surface area contributed by atoms with E-state index in [9.17, 15) is 18.0 Å². The predicted octanol–water partition coefficient (Wildman–Crippen LogP) is 4.21. The summed E-state index contributed by atoms with van der Waals surface area (Å²) < 4.78 is 38.2. The molecule has 1 aromatic rings. The summed E-state index contributed by atoms with van der Waals surface area (Å²) in [6.07, 6.45) is -3.53. The maximum absolute atomic E-state index is 12.7. The molecule has 1 N–H and O–H groups in total. The second-order valence-corrected chi connectivity index (χ2v) is 6.10. The zero-order valence-corrected chi connectivity index (χ0v) is 14.5. The summed E-state index contributed by atoms with van der Waals surface area (Å²) in [5, 5.41) is 3.56. The molecule has 0 fully saturated rings. The highest BCUT2D eigenvalue weighted by Crippen LogP contribution is 2.34. The molecule has 0 amide bonds. The van der Waals surface area contributed by atoms with Crippen LogP contribution in [0.4, 0.5) is 13.2 Å². The number of hydrogen-bond donors (Lipinski definition) is 1. The van der Waals surface area contributed by atoms with Crippen LogP contribution in [0.1, 0.15) is 44.4 Å². The second-order valence-electron chi connectivity index (χ2n) is 5.71. The number of hydrogen-bond acceptors (Lipinski definition) is 2. The first-order valence-electron chi connectivity index (χ1n) is 7.63. The highest BCUT2D eigenvalue weighted by molar-refractivity contribution is 7.80. The lowest BCUT2D eigenvalue weighted by Gasteiger charge is -2.37. The van der Waals surface area contributed by atoms with Gasteiger partial charge in [0.15, 0.2) is 10.9 Å². The van der Waals surface area contributed by atoms with Gasteiger partial charge in [-0.25, -0.2) is 0 Å². The third kappa shape index (κ3) is 3.61. The van der Waals surface area contributed by atoms with E-state index in [-0.39, 0.29) is 5.78 Å². The highest BCUT2D eigenvalue weighted by atomic mass is 32.1. The quantitative estimate of drug-likeness (QED) is 0.819. The summed E-state index contributed by atoms with van der Waals surface area (Å²) in [6, 6.07) is 4.27. The summed E-state index contributed by atoms with van der Waals surface area (Å²) in [6.45, 7) is 5.95. The zero-order valence-electron chi connectivity index (χ0n) is 13.7. The van der Waals surface area contributed by atoms with Gasteiger partial charge < -0.3 is 10.2 Å². The van der Waals surface area contributed by atoms with E-state index in [0.717, 1.165) is 24.3 Å². The Bertz CT molecular complexity index is 680. The van der Waals surface area contributed by atoms with E-state index in [4.69, 9.17) is 12.2 Å². The number of alkyl halides is 3. The van der Waals surface area contributed by atoms with Crippen molar-refractivity contribution in [2.75, 3.05) is 6.54 Å². The van der Waals surface area contributed by atoms with Crippen LogP contribution in [0.5, 0.6) is 0 Å². The van der Waals surface area contributed by atoms with Gasteiger partial charge in [-0.05, 0) is 50.2 Å². The Labute approximate surface area is 144 Å². The number of nitrogens with zero attached hydrogens (tertiary/aromatic N) is 1. The van der Waals surface area contributed by atoms with Crippen molar-refractivity contribution in [2.45, 2.75) is 39.4 Å². The molecule has 24 heavy (non-hydrogen) atoms. The van der Waals surface area contributed by atoms with E-state index in [1.54, 1.807) is 0 Å². The Morgan fingerprint density at radius 2 is 1.88 bits per heavy atom. The molecule has 1 aliphatic heterocycles. The fourth-order valence-electron chi connectivity index (χ4n) is 2.85. The van der Waals surface area contributed by atoms with Crippen LogP contribution in [0, 0.1) is 0 Å². The molecule has 0 saturated heterocycles. The molecule has 1 atom stereocenters. The lowest BCUT2D eigenvalue weighted by Crippen LogP contribution is -2.47. The number of halogens is 3. The van der Waals surface area contributed by atoms with Crippen molar-refractivity contribution in [2.24, 2.45) is 0 Å². The van der Waals surface area contributed by atoms with Crippen LogP contribution < -0.4 is 5.32 Å². The number of Topliss-reactive ketones (excluding diaryl/α,β-unsaturated/α-hetero) is 1. The summed E-state index contributed by atoms with van der Waals surface area (Å²) in [5.41, 5.74) is 1.13. The van der Waals surface area contributed by atoms with E-state index >= 15 is 0 Å². The Kier molecular flexibility index (Phi) is 5.32. The normalized spacial score (nSPS) is 18.7. The van der Waals surface area contributed by atoms with E-state index in [0.29, 0.717) is 22.8 Å². The van der Waals surface area contributed by atoms with Gasteiger partial charge in [0.2, 0.25) is 0 Å². The lowest BCUT2D eigenvalue weighted by atomic mass is 9.92. The fourth-order valence-corrected chi connectivity index (χ4v) is 3.19. The van der Waals surface area contributed by atoms with Crippen molar-refractivity contribution in [3.63, 3.8) is 0 Å². The molecule has 1 heterocycles. The van der Waals surface area contributed by atoms with Gasteiger partial charge in [0.05, 0.1) is 11.6 Å². The molecular weight excluding hydrogens is 337 g/mol. The summed E-state index contributed by atoms with van der Waals surface area (Å²) >= 11 is 5.36. The molecule has 0 saturated carbocycles. The maximum Gasteiger partial charge on any atom is 0.416 e. The van der Waals surface area contributed by atoms with Gasteiger partial charge in [0.1, 0.15) is 0 Å². The largest absolute Gasteiger partial charge is 0.416 e. The van der Waals surface area contributed by atoms with Crippen LogP contribution in [-0.2, 0) is 11.0 Å². The van der Waals surface area contributed by atoms with Crippen molar-refractivity contribution in [3.8, 4) is 0 Å². The molecule has 0 aliphatic carbocycles. The van der Waals surface area contributed by atoms with Gasteiger partial charge in [-0.15, -0.1) is 0 Å². The number of nitrogens with one attached hydrogen (secondary N) is 1. The van der Waals surface area contributed by atoms with Gasteiger partial charge in [-0.2, -0.15) is 13.2 Å². The maximum atomic E-state index is 12.7. The molecule has 0 bridgehead atoms. The lowest BCUT2D eigenvalue weighted by molar-refractivity contribution is -0.137. The van der Waals surface area contributed by atoms with Gasteiger partial charge in [0, 0.05) is 17.8 Å². The number of ketones is 1.